The molecule has 2 aromatic carbocycles. The average Bonchev–Trinajstić information content (AvgIpc) is 2.60. The highest BCUT2D eigenvalue weighted by atomic mass is 79.9. The lowest BCUT2D eigenvalue weighted by Gasteiger charge is -2.12. The molecular weight excluding hydrogens is 476 g/mol. The predicted molar refractivity (Wildman–Crippen MR) is 101 cm³/mol. The number of carbonyl (C=O) groups excluding carboxylic acids is 1. The van der Waals surface area contributed by atoms with Crippen LogP contribution >= 0.6 is 31.9 Å². The molecule has 138 valence electrons. The summed E-state index contributed by atoms with van der Waals surface area (Å²) in [5.74, 6) is -1.45. The molecule has 2 aromatic rings. The van der Waals surface area contributed by atoms with Crippen molar-refractivity contribution in [3.05, 3.63) is 38.8 Å². The van der Waals surface area contributed by atoms with Crippen molar-refractivity contribution in [1.29, 1.82) is 0 Å². The van der Waals surface area contributed by atoms with E-state index in [4.69, 9.17) is 9.47 Å². The predicted octanol–water partition coefficient (Wildman–Crippen LogP) is 2.87. The van der Waals surface area contributed by atoms with Crippen LogP contribution in [0.3, 0.4) is 0 Å². The fraction of sp³-hybridized carbons (Fsp3) is 0.125. The number of phenolic OH excluding ortho intramolecular Hbond substituents is 3. The number of nitrogens with one attached hydrogen (secondary N) is 1. The molecule has 0 unspecified atom stereocenters. The number of phenols is 3. The van der Waals surface area contributed by atoms with E-state index in [-0.39, 0.29) is 12.2 Å². The van der Waals surface area contributed by atoms with Gasteiger partial charge in [0, 0.05) is 10.0 Å². The van der Waals surface area contributed by atoms with Crippen molar-refractivity contribution < 1.29 is 29.6 Å². The number of carbonyl (C=O) groups is 1. The molecule has 0 aromatic heterocycles. The summed E-state index contributed by atoms with van der Waals surface area (Å²) in [6.45, 7) is -0.333. The molecule has 1 amide bonds. The Balaban J connectivity index is 1.97. The van der Waals surface area contributed by atoms with E-state index >= 15 is 0 Å². The maximum atomic E-state index is 11.8. The maximum Gasteiger partial charge on any atom is 0.277 e. The molecule has 0 aliphatic heterocycles. The molecule has 0 saturated heterocycles. The zero-order valence-electron chi connectivity index (χ0n) is 13.4. The summed E-state index contributed by atoms with van der Waals surface area (Å²) in [5.41, 5.74) is 2.33. The van der Waals surface area contributed by atoms with E-state index < -0.39 is 23.2 Å². The normalized spacial score (nSPS) is 10.7. The number of hydrazone groups is 1. The Hall–Kier alpha value is -2.46. The van der Waals surface area contributed by atoms with Crippen LogP contribution in [0.25, 0.3) is 0 Å². The van der Waals surface area contributed by atoms with Crippen LogP contribution in [-0.4, -0.2) is 41.2 Å². The van der Waals surface area contributed by atoms with Crippen LogP contribution < -0.4 is 14.9 Å². The molecule has 0 aliphatic carbocycles. The summed E-state index contributed by atoms with van der Waals surface area (Å²) in [4.78, 5) is 11.8. The molecule has 0 aliphatic rings. The van der Waals surface area contributed by atoms with Crippen molar-refractivity contribution in [1.82, 2.24) is 5.43 Å². The minimum atomic E-state index is -0.671. The fourth-order valence-corrected chi connectivity index (χ4v) is 3.16. The van der Waals surface area contributed by atoms with Crippen molar-refractivity contribution in [3.63, 3.8) is 0 Å². The van der Waals surface area contributed by atoms with Crippen LogP contribution in [0.5, 0.6) is 28.7 Å². The van der Waals surface area contributed by atoms with Crippen molar-refractivity contribution in [2.75, 3.05) is 13.7 Å². The Kier molecular flexibility index (Phi) is 6.70. The number of rotatable bonds is 6. The minimum absolute atomic E-state index is 0.110. The maximum absolute atomic E-state index is 11.8. The number of nitrogens with zero attached hydrogens (tertiary/aromatic N) is 1. The Morgan fingerprint density at radius 2 is 1.96 bits per heavy atom. The van der Waals surface area contributed by atoms with Gasteiger partial charge in [-0.1, -0.05) is 15.9 Å². The van der Waals surface area contributed by atoms with Gasteiger partial charge in [0.15, 0.2) is 29.6 Å². The third kappa shape index (κ3) is 4.79. The number of aromatic hydroxyl groups is 3. The van der Waals surface area contributed by atoms with Crippen molar-refractivity contribution >= 4 is 44.0 Å². The molecule has 0 bridgehead atoms. The summed E-state index contributed by atoms with van der Waals surface area (Å²) >= 11 is 6.65. The molecule has 0 spiro atoms. The van der Waals surface area contributed by atoms with Gasteiger partial charge in [-0.2, -0.15) is 5.10 Å². The van der Waals surface area contributed by atoms with E-state index in [0.717, 1.165) is 10.7 Å². The first-order chi connectivity index (χ1) is 12.3. The highest BCUT2D eigenvalue weighted by molar-refractivity contribution is 9.11. The summed E-state index contributed by atoms with van der Waals surface area (Å²) in [5, 5.41) is 32.0. The fourth-order valence-electron chi connectivity index (χ4n) is 1.86. The van der Waals surface area contributed by atoms with E-state index in [1.807, 2.05) is 0 Å². The lowest BCUT2D eigenvalue weighted by atomic mass is 10.2. The van der Waals surface area contributed by atoms with Gasteiger partial charge in [0.2, 0.25) is 5.75 Å². The lowest BCUT2D eigenvalue weighted by molar-refractivity contribution is -0.123. The van der Waals surface area contributed by atoms with Gasteiger partial charge < -0.3 is 24.8 Å². The third-order valence-electron chi connectivity index (χ3n) is 3.10. The van der Waals surface area contributed by atoms with Crippen LogP contribution in [0.15, 0.2) is 38.3 Å². The molecular formula is C16H14Br2N2O6. The smallest absolute Gasteiger partial charge is 0.277 e. The number of hydrogen-bond donors (Lipinski definition) is 4. The highest BCUT2D eigenvalue weighted by Crippen LogP contribution is 2.38. The van der Waals surface area contributed by atoms with E-state index in [0.29, 0.717) is 16.0 Å². The van der Waals surface area contributed by atoms with E-state index in [1.54, 1.807) is 12.1 Å². The third-order valence-corrected chi connectivity index (χ3v) is 4.14. The largest absolute Gasteiger partial charge is 0.504 e. The van der Waals surface area contributed by atoms with E-state index in [2.05, 4.69) is 42.4 Å². The van der Waals surface area contributed by atoms with Crippen LogP contribution in [0.1, 0.15) is 5.56 Å². The number of methoxy groups -OCH3 is 1. The molecule has 0 radical (unpaired) electrons. The summed E-state index contributed by atoms with van der Waals surface area (Å²) < 4.78 is 12.0. The zero-order valence-corrected chi connectivity index (χ0v) is 16.5. The van der Waals surface area contributed by atoms with Gasteiger partial charge in [-0.25, -0.2) is 5.43 Å². The molecule has 26 heavy (non-hydrogen) atoms. The second-order valence-electron chi connectivity index (χ2n) is 4.87. The van der Waals surface area contributed by atoms with Gasteiger partial charge in [0.25, 0.3) is 5.91 Å². The van der Waals surface area contributed by atoms with Gasteiger partial charge in [0.05, 0.1) is 17.8 Å². The highest BCUT2D eigenvalue weighted by Gasteiger charge is 2.13. The molecule has 2 rings (SSSR count). The van der Waals surface area contributed by atoms with Crippen molar-refractivity contribution in [2.24, 2.45) is 5.10 Å². The first-order valence-electron chi connectivity index (χ1n) is 7.05. The summed E-state index contributed by atoms with van der Waals surface area (Å²) in [7, 11) is 1.48. The number of ether oxygens (including phenoxy) is 2. The molecule has 0 saturated carbocycles. The standard InChI is InChI=1S/C16H14Br2N2O6/c1-25-12-5-9(17)4-10(18)16(12)26-7-13(22)20-19-6-8-2-3-11(21)15(24)14(8)23/h2-6,21,23-24H,7H2,1H3,(H,20,22)/b19-6-. The first-order valence-corrected chi connectivity index (χ1v) is 8.63. The quantitative estimate of drug-likeness (QED) is 0.281. The van der Waals surface area contributed by atoms with E-state index in [9.17, 15) is 20.1 Å². The second kappa shape index (κ2) is 8.77. The van der Waals surface area contributed by atoms with Crippen LogP contribution in [-0.2, 0) is 4.79 Å². The Bertz CT molecular complexity index is 857. The number of halogens is 2. The van der Waals surface area contributed by atoms with Crippen LogP contribution in [0.4, 0.5) is 0 Å². The minimum Gasteiger partial charge on any atom is -0.504 e. The Labute approximate surface area is 165 Å². The molecule has 10 heteroatoms. The van der Waals surface area contributed by atoms with Gasteiger partial charge in [-0.3, -0.25) is 4.79 Å². The molecule has 4 N–H and O–H groups in total. The second-order valence-corrected chi connectivity index (χ2v) is 6.64. The molecule has 0 fully saturated rings. The van der Waals surface area contributed by atoms with Gasteiger partial charge >= 0.3 is 0 Å². The Morgan fingerprint density at radius 3 is 2.65 bits per heavy atom. The van der Waals surface area contributed by atoms with Crippen molar-refractivity contribution in [2.45, 2.75) is 0 Å². The summed E-state index contributed by atoms with van der Waals surface area (Å²) in [6.07, 6.45) is 1.11. The topological polar surface area (TPSA) is 121 Å². The average molecular weight is 490 g/mol. The molecule has 0 heterocycles. The Morgan fingerprint density at radius 1 is 1.23 bits per heavy atom. The van der Waals surface area contributed by atoms with Crippen LogP contribution in [0.2, 0.25) is 0 Å². The SMILES string of the molecule is COc1cc(Br)cc(Br)c1OCC(=O)N/N=C\c1ccc(O)c(O)c1O. The molecule has 8 nitrogen and oxygen atoms in total. The zero-order chi connectivity index (χ0) is 19.3. The summed E-state index contributed by atoms with van der Waals surface area (Å²) in [6, 6.07) is 5.93. The first kappa shape index (κ1) is 19.9. The van der Waals surface area contributed by atoms with E-state index in [1.165, 1.54) is 19.2 Å². The lowest BCUT2D eigenvalue weighted by Crippen LogP contribution is -2.24. The van der Waals surface area contributed by atoms with Gasteiger partial charge in [-0.15, -0.1) is 0 Å². The monoisotopic (exact) mass is 488 g/mol. The number of hydrogen-bond acceptors (Lipinski definition) is 7. The van der Waals surface area contributed by atoms with Crippen LogP contribution in [0, 0.1) is 0 Å². The molecule has 0 atom stereocenters. The van der Waals surface area contributed by atoms with Gasteiger partial charge in [0.1, 0.15) is 0 Å². The number of amides is 1. The van der Waals surface area contributed by atoms with Crippen molar-refractivity contribution in [3.8, 4) is 28.7 Å². The van der Waals surface area contributed by atoms with Gasteiger partial charge in [-0.05, 0) is 40.2 Å². The number of benzene rings is 2.